The highest BCUT2D eigenvalue weighted by Gasteiger charge is 2.21. The van der Waals surface area contributed by atoms with Crippen molar-refractivity contribution in [2.24, 2.45) is 0 Å². The summed E-state index contributed by atoms with van der Waals surface area (Å²) < 4.78 is 16.0. The second-order valence-electron chi connectivity index (χ2n) is 7.42. The van der Waals surface area contributed by atoms with E-state index in [9.17, 15) is 18.8 Å². The van der Waals surface area contributed by atoms with Crippen LogP contribution in [0.2, 0.25) is 0 Å². The molecule has 0 aliphatic carbocycles. The van der Waals surface area contributed by atoms with Crippen molar-refractivity contribution in [3.8, 4) is 5.69 Å². The predicted molar refractivity (Wildman–Crippen MR) is 115 cm³/mol. The number of benzene rings is 2. The molecule has 2 aromatic carbocycles. The average molecular weight is 425 g/mol. The fourth-order valence-electron chi connectivity index (χ4n) is 2.92. The fraction of sp³-hybridized carbons (Fsp3) is 0.273. The van der Waals surface area contributed by atoms with Gasteiger partial charge in [-0.2, -0.15) is 9.78 Å². The minimum atomic E-state index is -0.876. The van der Waals surface area contributed by atoms with Gasteiger partial charge in [0.25, 0.3) is 11.5 Å². The lowest BCUT2D eigenvalue weighted by Crippen LogP contribution is -2.46. The summed E-state index contributed by atoms with van der Waals surface area (Å²) in [4.78, 5) is 40.6. The van der Waals surface area contributed by atoms with Gasteiger partial charge in [-0.1, -0.05) is 35.9 Å². The maximum atomic E-state index is 14.2. The molecule has 0 fully saturated rings. The third-order valence-corrected chi connectivity index (χ3v) is 4.68. The van der Waals surface area contributed by atoms with E-state index in [1.165, 1.54) is 18.2 Å². The van der Waals surface area contributed by atoms with Crippen molar-refractivity contribution in [1.82, 2.24) is 24.6 Å². The number of amides is 1. The number of carbonyl (C=O) groups excluding carboxylic acids is 1. The molecule has 0 radical (unpaired) electrons. The van der Waals surface area contributed by atoms with E-state index in [0.29, 0.717) is 18.8 Å². The second-order valence-corrected chi connectivity index (χ2v) is 7.42. The molecular formula is C22H24FN5O3. The summed E-state index contributed by atoms with van der Waals surface area (Å²) >= 11 is 0. The van der Waals surface area contributed by atoms with Gasteiger partial charge >= 0.3 is 5.69 Å². The molecule has 1 heterocycles. The predicted octanol–water partition coefficient (Wildman–Crippen LogP) is 1.18. The van der Waals surface area contributed by atoms with Crippen LogP contribution in [0.1, 0.15) is 21.6 Å². The molecule has 9 heteroatoms. The van der Waals surface area contributed by atoms with Gasteiger partial charge in [-0.3, -0.25) is 14.2 Å². The zero-order chi connectivity index (χ0) is 22.5. The van der Waals surface area contributed by atoms with Crippen molar-refractivity contribution in [2.45, 2.75) is 13.5 Å². The molecule has 0 aliphatic heterocycles. The quantitative estimate of drug-likeness (QED) is 0.614. The Labute approximate surface area is 178 Å². The van der Waals surface area contributed by atoms with Crippen LogP contribution in [-0.4, -0.2) is 52.3 Å². The van der Waals surface area contributed by atoms with E-state index in [4.69, 9.17) is 0 Å². The van der Waals surface area contributed by atoms with Crippen LogP contribution < -0.4 is 16.6 Å². The molecule has 0 spiro atoms. The fourth-order valence-corrected chi connectivity index (χ4v) is 2.92. The van der Waals surface area contributed by atoms with Crippen molar-refractivity contribution in [1.29, 1.82) is 0 Å². The highest BCUT2D eigenvalue weighted by molar-refractivity contribution is 5.91. The van der Waals surface area contributed by atoms with E-state index < -0.39 is 28.7 Å². The van der Waals surface area contributed by atoms with Crippen LogP contribution in [0.3, 0.4) is 0 Å². The van der Waals surface area contributed by atoms with Gasteiger partial charge in [0.15, 0.2) is 0 Å². The Kier molecular flexibility index (Phi) is 6.76. The van der Waals surface area contributed by atoms with Gasteiger partial charge in [0.1, 0.15) is 5.82 Å². The number of hydrogen-bond acceptors (Lipinski definition) is 5. The Morgan fingerprint density at radius 3 is 2.42 bits per heavy atom. The van der Waals surface area contributed by atoms with Crippen LogP contribution in [0.15, 0.2) is 58.1 Å². The zero-order valence-electron chi connectivity index (χ0n) is 17.6. The number of nitrogens with one attached hydrogen (secondary N) is 1. The summed E-state index contributed by atoms with van der Waals surface area (Å²) in [5.41, 5.74) is -0.558. The molecule has 31 heavy (non-hydrogen) atoms. The van der Waals surface area contributed by atoms with Gasteiger partial charge in [-0.05, 0) is 39.2 Å². The first-order valence-corrected chi connectivity index (χ1v) is 9.75. The average Bonchev–Trinajstić information content (AvgIpc) is 2.73. The topological polar surface area (TPSA) is 89.2 Å². The number of rotatable bonds is 7. The Morgan fingerprint density at radius 1 is 1.10 bits per heavy atom. The minimum absolute atomic E-state index is 0.155. The summed E-state index contributed by atoms with van der Waals surface area (Å²) in [5, 5.41) is 6.68. The van der Waals surface area contributed by atoms with E-state index in [-0.39, 0.29) is 12.1 Å². The van der Waals surface area contributed by atoms with Crippen LogP contribution in [0.25, 0.3) is 5.69 Å². The molecule has 0 unspecified atom stereocenters. The highest BCUT2D eigenvalue weighted by atomic mass is 19.1. The Hall–Kier alpha value is -3.59. The number of carbonyl (C=O) groups is 1. The molecule has 0 saturated carbocycles. The standard InChI is InChI=1S/C22H24FN5O3/c1-15-8-10-17(11-9-15)28-22(31)27(14-16-6-4-5-7-18(16)23)21(30)19(25-28)20(29)24-12-13-26(2)3/h4-11H,12-14H2,1-3H3,(H,24,29). The van der Waals surface area contributed by atoms with Gasteiger partial charge in [0.05, 0.1) is 12.2 Å². The summed E-state index contributed by atoms with van der Waals surface area (Å²) in [6.45, 7) is 2.43. The third-order valence-electron chi connectivity index (χ3n) is 4.68. The Balaban J connectivity index is 2.12. The second kappa shape index (κ2) is 9.48. The van der Waals surface area contributed by atoms with E-state index in [0.717, 1.165) is 14.8 Å². The van der Waals surface area contributed by atoms with Crippen molar-refractivity contribution in [3.05, 3.63) is 92.0 Å². The SMILES string of the molecule is Cc1ccc(-n2nc(C(=O)NCCN(C)C)c(=O)n(Cc3ccccc3F)c2=O)cc1. The van der Waals surface area contributed by atoms with Crippen LogP contribution >= 0.6 is 0 Å². The minimum Gasteiger partial charge on any atom is -0.349 e. The van der Waals surface area contributed by atoms with Gasteiger partial charge < -0.3 is 10.2 Å². The largest absolute Gasteiger partial charge is 0.352 e. The first kappa shape index (κ1) is 22.1. The number of nitrogens with zero attached hydrogens (tertiary/aromatic N) is 4. The van der Waals surface area contributed by atoms with Crippen molar-refractivity contribution < 1.29 is 9.18 Å². The van der Waals surface area contributed by atoms with Crippen molar-refractivity contribution >= 4 is 5.91 Å². The van der Waals surface area contributed by atoms with Crippen LogP contribution in [-0.2, 0) is 6.54 Å². The molecule has 0 saturated heterocycles. The first-order chi connectivity index (χ1) is 14.8. The molecule has 3 rings (SSSR count). The van der Waals surface area contributed by atoms with E-state index in [2.05, 4.69) is 10.4 Å². The smallest absolute Gasteiger partial charge is 0.349 e. The first-order valence-electron chi connectivity index (χ1n) is 9.75. The maximum absolute atomic E-state index is 14.2. The summed E-state index contributed by atoms with van der Waals surface area (Å²) in [6.07, 6.45) is 0. The summed E-state index contributed by atoms with van der Waals surface area (Å²) in [6, 6.07) is 12.7. The highest BCUT2D eigenvalue weighted by Crippen LogP contribution is 2.08. The van der Waals surface area contributed by atoms with Gasteiger partial charge in [-0.15, -0.1) is 0 Å². The molecule has 162 valence electrons. The number of likely N-dealkylation sites (N-methyl/N-ethyl adjacent to an activating group) is 1. The molecule has 0 atom stereocenters. The lowest BCUT2D eigenvalue weighted by Gasteiger charge is -2.13. The maximum Gasteiger partial charge on any atom is 0.352 e. The molecule has 1 amide bonds. The molecular weight excluding hydrogens is 401 g/mol. The van der Waals surface area contributed by atoms with Crippen molar-refractivity contribution in [3.63, 3.8) is 0 Å². The number of halogens is 1. The molecule has 3 aromatic rings. The lowest BCUT2D eigenvalue weighted by molar-refractivity contribution is 0.0941. The normalized spacial score (nSPS) is 11.0. The third kappa shape index (κ3) is 5.13. The number of aromatic nitrogens is 3. The molecule has 8 nitrogen and oxygen atoms in total. The van der Waals surface area contributed by atoms with Crippen LogP contribution in [0.4, 0.5) is 4.39 Å². The lowest BCUT2D eigenvalue weighted by atomic mass is 10.2. The van der Waals surface area contributed by atoms with E-state index in [1.54, 1.807) is 30.3 Å². The van der Waals surface area contributed by atoms with Crippen LogP contribution in [0.5, 0.6) is 0 Å². The molecule has 0 aliphatic rings. The monoisotopic (exact) mass is 425 g/mol. The van der Waals surface area contributed by atoms with Crippen LogP contribution in [0, 0.1) is 12.7 Å². The Bertz CT molecular complexity index is 1200. The Morgan fingerprint density at radius 2 is 1.77 bits per heavy atom. The molecule has 1 N–H and O–H groups in total. The van der Waals surface area contributed by atoms with Gasteiger partial charge in [0, 0.05) is 18.7 Å². The number of aryl methyl sites for hydroxylation is 1. The van der Waals surface area contributed by atoms with E-state index in [1.807, 2.05) is 25.9 Å². The van der Waals surface area contributed by atoms with Gasteiger partial charge in [-0.25, -0.2) is 9.18 Å². The summed E-state index contributed by atoms with van der Waals surface area (Å²) in [7, 11) is 3.70. The molecule has 0 bridgehead atoms. The van der Waals surface area contributed by atoms with Crippen molar-refractivity contribution in [2.75, 3.05) is 27.2 Å². The van der Waals surface area contributed by atoms with Gasteiger partial charge in [0.2, 0.25) is 5.69 Å². The summed E-state index contributed by atoms with van der Waals surface area (Å²) in [5.74, 6) is -1.25. The number of hydrogen-bond donors (Lipinski definition) is 1. The molecule has 1 aromatic heterocycles. The van der Waals surface area contributed by atoms with E-state index >= 15 is 0 Å². The zero-order valence-corrected chi connectivity index (χ0v) is 17.6.